The van der Waals surface area contributed by atoms with Gasteiger partial charge in [0.2, 0.25) is 5.91 Å². The maximum absolute atomic E-state index is 13.1. The lowest BCUT2D eigenvalue weighted by molar-refractivity contribution is -0.123. The van der Waals surface area contributed by atoms with Crippen molar-refractivity contribution in [3.8, 4) is 0 Å². The van der Waals surface area contributed by atoms with Gasteiger partial charge in [-0.1, -0.05) is 6.92 Å². The molecule has 1 aromatic carbocycles. The summed E-state index contributed by atoms with van der Waals surface area (Å²) in [5.41, 5.74) is 7.20. The summed E-state index contributed by atoms with van der Waals surface area (Å²) < 4.78 is 13.1. The molecule has 0 saturated carbocycles. The lowest BCUT2D eigenvalue weighted by Gasteiger charge is -2.24. The predicted octanol–water partition coefficient (Wildman–Crippen LogP) is 1.10. The van der Waals surface area contributed by atoms with Crippen LogP contribution in [0.15, 0.2) is 18.2 Å². The highest BCUT2D eigenvalue weighted by atomic mass is 19.1. The summed E-state index contributed by atoms with van der Waals surface area (Å²) in [6.45, 7) is 2.67. The molecule has 0 aliphatic rings. The summed E-state index contributed by atoms with van der Waals surface area (Å²) in [6, 6.07) is 4.51. The van der Waals surface area contributed by atoms with Gasteiger partial charge >= 0.3 is 0 Å². The number of carbonyl (C=O) groups excluding carboxylic acids is 1. The predicted molar refractivity (Wildman–Crippen MR) is 70.8 cm³/mol. The molecule has 1 amide bonds. The Bertz CT molecular complexity index is 423. The van der Waals surface area contributed by atoms with Crippen molar-refractivity contribution in [3.63, 3.8) is 0 Å². The van der Waals surface area contributed by atoms with Crippen LogP contribution in [-0.4, -0.2) is 26.5 Å². The van der Waals surface area contributed by atoms with Gasteiger partial charge < -0.3 is 16.0 Å². The Labute approximate surface area is 107 Å². The second-order valence-corrected chi connectivity index (χ2v) is 4.37. The van der Waals surface area contributed by atoms with Gasteiger partial charge in [0.1, 0.15) is 5.82 Å². The molecule has 18 heavy (non-hydrogen) atoms. The number of anilines is 1. The van der Waals surface area contributed by atoms with Gasteiger partial charge in [-0.15, -0.1) is 0 Å². The van der Waals surface area contributed by atoms with Crippen LogP contribution >= 0.6 is 0 Å². The molecule has 4 nitrogen and oxygen atoms in total. The molecular formula is C13H20FN3O. The number of nitrogens with two attached hydrogens (primary N) is 1. The molecule has 100 valence electrons. The largest absolute Gasteiger partial charge is 0.374 e. The standard InChI is InChI=1S/C13H20FN3O/c1-9(13(18)16-2)8-17(3)12-5-4-11(14)6-10(12)7-15/h4-6,9H,7-8,15H2,1-3H3,(H,16,18). The number of halogens is 1. The molecule has 0 saturated heterocycles. The molecule has 0 aliphatic heterocycles. The molecular weight excluding hydrogens is 233 g/mol. The van der Waals surface area contributed by atoms with Crippen molar-refractivity contribution in [1.82, 2.24) is 5.32 Å². The summed E-state index contributed by atoms with van der Waals surface area (Å²) in [4.78, 5) is 13.4. The molecule has 5 heteroatoms. The molecule has 0 bridgehead atoms. The number of hydrogen-bond acceptors (Lipinski definition) is 3. The monoisotopic (exact) mass is 253 g/mol. The Balaban J connectivity index is 2.83. The quantitative estimate of drug-likeness (QED) is 0.826. The second kappa shape index (κ2) is 6.35. The van der Waals surface area contributed by atoms with Crippen LogP contribution in [-0.2, 0) is 11.3 Å². The first-order chi connectivity index (χ1) is 8.49. The minimum absolute atomic E-state index is 0.0155. The molecule has 1 aromatic rings. The number of rotatable bonds is 5. The zero-order valence-electron chi connectivity index (χ0n) is 11.0. The fraction of sp³-hybridized carbons (Fsp3) is 0.462. The van der Waals surface area contributed by atoms with E-state index < -0.39 is 0 Å². The topological polar surface area (TPSA) is 58.4 Å². The van der Waals surface area contributed by atoms with E-state index in [9.17, 15) is 9.18 Å². The lowest BCUT2D eigenvalue weighted by atomic mass is 10.1. The molecule has 0 aromatic heterocycles. The van der Waals surface area contributed by atoms with Crippen LogP contribution in [0.1, 0.15) is 12.5 Å². The van der Waals surface area contributed by atoms with Gasteiger partial charge in [-0.05, 0) is 23.8 Å². The zero-order valence-corrected chi connectivity index (χ0v) is 11.0. The number of nitrogens with one attached hydrogen (secondary N) is 1. The second-order valence-electron chi connectivity index (χ2n) is 4.37. The van der Waals surface area contributed by atoms with Crippen molar-refractivity contribution in [1.29, 1.82) is 0 Å². The first-order valence-electron chi connectivity index (χ1n) is 5.90. The normalized spacial score (nSPS) is 12.1. The van der Waals surface area contributed by atoms with Crippen molar-refractivity contribution >= 4 is 11.6 Å². The molecule has 0 fully saturated rings. The third-order valence-electron chi connectivity index (χ3n) is 2.91. The van der Waals surface area contributed by atoms with E-state index in [1.165, 1.54) is 12.1 Å². The Morgan fingerprint density at radius 3 is 2.78 bits per heavy atom. The van der Waals surface area contributed by atoms with Crippen LogP contribution in [0.5, 0.6) is 0 Å². The van der Waals surface area contributed by atoms with E-state index in [1.54, 1.807) is 13.1 Å². The summed E-state index contributed by atoms with van der Waals surface area (Å²) in [6.07, 6.45) is 0. The zero-order chi connectivity index (χ0) is 13.7. The average molecular weight is 253 g/mol. The van der Waals surface area contributed by atoms with Gasteiger partial charge in [-0.25, -0.2) is 4.39 Å². The van der Waals surface area contributed by atoms with Crippen molar-refractivity contribution in [2.45, 2.75) is 13.5 Å². The van der Waals surface area contributed by atoms with Crippen LogP contribution in [0.25, 0.3) is 0 Å². The molecule has 0 heterocycles. The molecule has 0 aliphatic carbocycles. The molecule has 1 rings (SSSR count). The molecule has 1 atom stereocenters. The van der Waals surface area contributed by atoms with Gasteiger partial charge in [0.15, 0.2) is 0 Å². The van der Waals surface area contributed by atoms with Crippen molar-refractivity contribution in [2.24, 2.45) is 11.7 Å². The van der Waals surface area contributed by atoms with Crippen molar-refractivity contribution in [2.75, 3.05) is 25.5 Å². The average Bonchev–Trinajstić information content (AvgIpc) is 2.37. The highest BCUT2D eigenvalue weighted by Gasteiger charge is 2.15. The fourth-order valence-corrected chi connectivity index (χ4v) is 1.93. The molecule has 3 N–H and O–H groups in total. The number of carbonyl (C=O) groups is 1. The highest BCUT2D eigenvalue weighted by Crippen LogP contribution is 2.21. The fourth-order valence-electron chi connectivity index (χ4n) is 1.93. The number of hydrogen-bond donors (Lipinski definition) is 2. The van der Waals surface area contributed by atoms with Gasteiger partial charge in [-0.2, -0.15) is 0 Å². The van der Waals surface area contributed by atoms with Crippen LogP contribution in [0.2, 0.25) is 0 Å². The van der Waals surface area contributed by atoms with E-state index in [0.29, 0.717) is 6.54 Å². The van der Waals surface area contributed by atoms with E-state index >= 15 is 0 Å². The SMILES string of the molecule is CNC(=O)C(C)CN(C)c1ccc(F)cc1CN. The molecule has 0 spiro atoms. The van der Waals surface area contributed by atoms with Crippen molar-refractivity contribution in [3.05, 3.63) is 29.6 Å². The Kier molecular flexibility index (Phi) is 5.09. The molecule has 1 unspecified atom stereocenters. The molecule has 0 radical (unpaired) electrons. The summed E-state index contributed by atoms with van der Waals surface area (Å²) in [5.74, 6) is -0.458. The maximum Gasteiger partial charge on any atom is 0.224 e. The van der Waals surface area contributed by atoms with E-state index in [2.05, 4.69) is 5.32 Å². The van der Waals surface area contributed by atoms with Gasteiger partial charge in [0.25, 0.3) is 0 Å². The minimum Gasteiger partial charge on any atom is -0.374 e. The Hall–Kier alpha value is -1.62. The Morgan fingerprint density at radius 2 is 2.22 bits per heavy atom. The van der Waals surface area contributed by atoms with Gasteiger partial charge in [0, 0.05) is 32.9 Å². The number of benzene rings is 1. The third kappa shape index (κ3) is 3.43. The Morgan fingerprint density at radius 1 is 1.56 bits per heavy atom. The van der Waals surface area contributed by atoms with Crippen LogP contribution in [0, 0.1) is 11.7 Å². The van der Waals surface area contributed by atoms with E-state index in [0.717, 1.165) is 11.3 Å². The van der Waals surface area contributed by atoms with E-state index in [1.807, 2.05) is 18.9 Å². The van der Waals surface area contributed by atoms with Gasteiger partial charge in [-0.3, -0.25) is 4.79 Å². The summed E-state index contributed by atoms with van der Waals surface area (Å²) in [5, 5.41) is 2.61. The first kappa shape index (κ1) is 14.4. The van der Waals surface area contributed by atoms with E-state index in [-0.39, 0.29) is 24.2 Å². The minimum atomic E-state index is -0.299. The van der Waals surface area contributed by atoms with Crippen LogP contribution < -0.4 is 16.0 Å². The lowest BCUT2D eigenvalue weighted by Crippen LogP contribution is -2.34. The van der Waals surface area contributed by atoms with Crippen molar-refractivity contribution < 1.29 is 9.18 Å². The number of amides is 1. The smallest absolute Gasteiger partial charge is 0.224 e. The van der Waals surface area contributed by atoms with Crippen LogP contribution in [0.3, 0.4) is 0 Å². The van der Waals surface area contributed by atoms with Crippen LogP contribution in [0.4, 0.5) is 10.1 Å². The third-order valence-corrected chi connectivity index (χ3v) is 2.91. The van der Waals surface area contributed by atoms with E-state index in [4.69, 9.17) is 5.73 Å². The number of nitrogens with zero attached hydrogens (tertiary/aromatic N) is 1. The first-order valence-corrected chi connectivity index (χ1v) is 5.90. The summed E-state index contributed by atoms with van der Waals surface area (Å²) in [7, 11) is 3.48. The van der Waals surface area contributed by atoms with Gasteiger partial charge in [0.05, 0.1) is 5.92 Å². The summed E-state index contributed by atoms with van der Waals surface area (Å²) >= 11 is 0. The maximum atomic E-state index is 13.1. The highest BCUT2D eigenvalue weighted by molar-refractivity contribution is 5.78.